The molecule has 0 aliphatic carbocycles. The zero-order valence-corrected chi connectivity index (χ0v) is 26.2. The number of ketones is 1. The van der Waals surface area contributed by atoms with Crippen molar-refractivity contribution >= 4 is 46.2 Å². The molecular weight excluding hydrogens is 602 g/mol. The fourth-order valence-corrected chi connectivity index (χ4v) is 6.30. The number of benzene rings is 3. The predicted octanol–water partition coefficient (Wildman–Crippen LogP) is 3.65. The topological polar surface area (TPSA) is 159 Å². The smallest absolute Gasteiger partial charge is 0.339 e. The number of carbonyl (C=O) groups is 6. The van der Waals surface area contributed by atoms with Crippen LogP contribution in [0.3, 0.4) is 0 Å². The number of hydrogen-bond donors (Lipinski definition) is 3. The van der Waals surface area contributed by atoms with Crippen molar-refractivity contribution in [1.29, 1.82) is 0 Å². The molecule has 2 heterocycles. The average molecular weight is 640 g/mol. The van der Waals surface area contributed by atoms with E-state index in [1.807, 2.05) is 42.5 Å². The van der Waals surface area contributed by atoms with Crippen LogP contribution in [-0.4, -0.2) is 76.2 Å². The number of nitrogens with zero attached hydrogens (tertiary/aromatic N) is 1. The lowest BCUT2D eigenvalue weighted by Crippen LogP contribution is -2.57. The Morgan fingerprint density at radius 3 is 2.34 bits per heavy atom. The van der Waals surface area contributed by atoms with Crippen LogP contribution in [-0.2, 0) is 23.9 Å². The molecular formula is C36H37N3O8. The molecule has 2 aliphatic rings. The molecule has 3 aromatic rings. The van der Waals surface area contributed by atoms with Crippen molar-refractivity contribution in [2.45, 2.75) is 70.1 Å². The molecule has 4 atom stereocenters. The summed E-state index contributed by atoms with van der Waals surface area (Å²) in [5, 5.41) is 16.7. The first kappa shape index (κ1) is 33.1. The van der Waals surface area contributed by atoms with Gasteiger partial charge in [-0.25, -0.2) is 4.79 Å². The minimum Gasteiger partial charge on any atom is -0.481 e. The molecule has 3 aromatic carbocycles. The summed E-state index contributed by atoms with van der Waals surface area (Å²) in [6, 6.07) is 14.4. The van der Waals surface area contributed by atoms with E-state index in [1.165, 1.54) is 4.90 Å². The second-order valence-electron chi connectivity index (χ2n) is 12.0. The van der Waals surface area contributed by atoms with Gasteiger partial charge in [-0.05, 0) is 73.6 Å². The van der Waals surface area contributed by atoms with E-state index in [9.17, 15) is 33.9 Å². The van der Waals surface area contributed by atoms with Gasteiger partial charge < -0.3 is 25.4 Å². The Labute approximate surface area is 272 Å². The Morgan fingerprint density at radius 2 is 1.62 bits per heavy atom. The Balaban J connectivity index is 1.28. The Bertz CT molecular complexity index is 1750. The van der Waals surface area contributed by atoms with Crippen LogP contribution in [0.1, 0.15) is 63.9 Å². The van der Waals surface area contributed by atoms with Gasteiger partial charge in [0, 0.05) is 11.6 Å². The quantitative estimate of drug-likeness (QED) is 0.224. The number of carboxylic acid groups (broad SMARTS) is 1. The van der Waals surface area contributed by atoms with E-state index < -0.39 is 66.6 Å². The molecule has 0 spiro atoms. The van der Waals surface area contributed by atoms with E-state index >= 15 is 0 Å². The van der Waals surface area contributed by atoms with Crippen LogP contribution in [0.2, 0.25) is 0 Å². The van der Waals surface area contributed by atoms with Gasteiger partial charge in [0.25, 0.3) is 5.91 Å². The molecule has 47 heavy (non-hydrogen) atoms. The van der Waals surface area contributed by atoms with Crippen molar-refractivity contribution in [1.82, 2.24) is 15.5 Å². The first-order valence-electron chi connectivity index (χ1n) is 15.6. The normalized spacial score (nSPS) is 19.7. The van der Waals surface area contributed by atoms with E-state index in [-0.39, 0.29) is 18.9 Å². The van der Waals surface area contributed by atoms with Gasteiger partial charge in [0.2, 0.25) is 11.8 Å². The number of nitrogens with one attached hydrogen (secondary N) is 2. The number of ether oxygens (including phenoxy) is 1. The lowest BCUT2D eigenvalue weighted by molar-refractivity contribution is -0.144. The summed E-state index contributed by atoms with van der Waals surface area (Å²) < 4.78 is 5.22. The lowest BCUT2D eigenvalue weighted by atomic mass is 10.0. The number of fused-ring (bicyclic) bond motifs is 2. The van der Waals surface area contributed by atoms with Crippen molar-refractivity contribution in [3.63, 3.8) is 0 Å². The molecule has 1 saturated heterocycles. The van der Waals surface area contributed by atoms with Gasteiger partial charge in [0.05, 0.1) is 12.0 Å². The number of hydrogen-bond acceptors (Lipinski definition) is 7. The maximum atomic E-state index is 13.9. The van der Waals surface area contributed by atoms with Gasteiger partial charge in [0.1, 0.15) is 18.1 Å². The summed E-state index contributed by atoms with van der Waals surface area (Å²) in [6.07, 6.45) is 4.55. The number of rotatable bonds is 10. The van der Waals surface area contributed by atoms with Crippen LogP contribution in [0.15, 0.2) is 72.8 Å². The van der Waals surface area contributed by atoms with Crippen LogP contribution >= 0.6 is 0 Å². The maximum absolute atomic E-state index is 13.9. The Hall–Kier alpha value is -5.32. The number of aliphatic carboxylic acids is 1. The summed E-state index contributed by atoms with van der Waals surface area (Å²) in [6.45, 7) is 2.72. The highest BCUT2D eigenvalue weighted by Crippen LogP contribution is 2.30. The van der Waals surface area contributed by atoms with Crippen LogP contribution in [0, 0.1) is 13.8 Å². The average Bonchev–Trinajstić information content (AvgIpc) is 3.46. The van der Waals surface area contributed by atoms with Gasteiger partial charge in [0.15, 0.2) is 12.4 Å². The van der Waals surface area contributed by atoms with Crippen molar-refractivity contribution < 1.29 is 38.6 Å². The molecule has 4 unspecified atom stereocenters. The third kappa shape index (κ3) is 7.57. The fraction of sp³-hybridized carbons (Fsp3) is 0.333. The highest BCUT2D eigenvalue weighted by Gasteiger charge is 2.44. The second kappa shape index (κ2) is 14.4. The zero-order chi connectivity index (χ0) is 33.7. The van der Waals surface area contributed by atoms with Crippen molar-refractivity contribution in [2.24, 2.45) is 0 Å². The van der Waals surface area contributed by atoms with E-state index in [4.69, 9.17) is 4.74 Å². The first-order valence-corrected chi connectivity index (χ1v) is 15.6. The Kier molecular flexibility index (Phi) is 10.1. The van der Waals surface area contributed by atoms with Crippen LogP contribution in [0.5, 0.6) is 0 Å². The highest BCUT2D eigenvalue weighted by atomic mass is 16.5. The minimum atomic E-state index is -1.49. The summed E-state index contributed by atoms with van der Waals surface area (Å²) >= 11 is 0. The summed E-state index contributed by atoms with van der Waals surface area (Å²) in [7, 11) is 0. The number of aryl methyl sites for hydroxylation is 2. The maximum Gasteiger partial charge on any atom is 0.339 e. The molecule has 244 valence electrons. The van der Waals surface area contributed by atoms with Gasteiger partial charge in [-0.1, -0.05) is 60.7 Å². The molecule has 1 fully saturated rings. The van der Waals surface area contributed by atoms with Gasteiger partial charge >= 0.3 is 11.9 Å². The van der Waals surface area contributed by atoms with Crippen LogP contribution in [0.25, 0.3) is 10.8 Å². The molecule has 0 radical (unpaired) electrons. The Morgan fingerprint density at radius 1 is 0.915 bits per heavy atom. The summed E-state index contributed by atoms with van der Waals surface area (Å²) in [5.74, 6) is -4.41. The molecule has 3 N–H and O–H groups in total. The molecule has 2 aliphatic heterocycles. The molecule has 11 heteroatoms. The molecule has 0 saturated carbocycles. The van der Waals surface area contributed by atoms with E-state index in [0.29, 0.717) is 35.1 Å². The fourth-order valence-electron chi connectivity index (χ4n) is 6.30. The van der Waals surface area contributed by atoms with Crippen LogP contribution < -0.4 is 10.6 Å². The monoisotopic (exact) mass is 639 g/mol. The third-order valence-corrected chi connectivity index (χ3v) is 8.74. The summed E-state index contributed by atoms with van der Waals surface area (Å²) in [4.78, 5) is 79.7. The molecule has 0 aromatic heterocycles. The predicted molar refractivity (Wildman–Crippen MR) is 173 cm³/mol. The largest absolute Gasteiger partial charge is 0.481 e. The van der Waals surface area contributed by atoms with Crippen LogP contribution in [0.4, 0.5) is 0 Å². The molecule has 11 nitrogen and oxygen atoms in total. The molecule has 5 rings (SSSR count). The van der Waals surface area contributed by atoms with Gasteiger partial charge in [-0.15, -0.1) is 0 Å². The van der Waals surface area contributed by atoms with Crippen molar-refractivity contribution in [3.8, 4) is 0 Å². The number of carboxylic acids is 1. The minimum absolute atomic E-state index is 0.224. The molecule has 0 bridgehead atoms. The zero-order valence-electron chi connectivity index (χ0n) is 26.2. The van der Waals surface area contributed by atoms with Crippen molar-refractivity contribution in [2.75, 3.05) is 6.61 Å². The van der Waals surface area contributed by atoms with E-state index in [2.05, 4.69) is 10.6 Å². The lowest BCUT2D eigenvalue weighted by Gasteiger charge is -2.34. The number of esters is 1. The van der Waals surface area contributed by atoms with E-state index in [1.54, 1.807) is 44.2 Å². The number of amides is 3. The van der Waals surface area contributed by atoms with Gasteiger partial charge in [-0.2, -0.15) is 0 Å². The SMILES string of the molecule is Cc1cccc(C)c1C(=O)OCC(=O)C(CC(=O)O)NC(=O)C1CCC2CC=CCC(NC(=O)c3ccc4ccccc4c3)C(=O)N21. The first-order chi connectivity index (χ1) is 22.5. The third-order valence-electron chi connectivity index (χ3n) is 8.74. The summed E-state index contributed by atoms with van der Waals surface area (Å²) in [5.41, 5.74) is 2.02. The van der Waals surface area contributed by atoms with E-state index in [0.717, 1.165) is 10.8 Å². The van der Waals surface area contributed by atoms with Gasteiger partial charge in [-0.3, -0.25) is 24.0 Å². The number of Topliss-reactive ketones (excluding diaryl/α,β-unsaturated/α-hetero) is 1. The molecule has 3 amide bonds. The second-order valence-corrected chi connectivity index (χ2v) is 12.0. The highest BCUT2D eigenvalue weighted by molar-refractivity contribution is 6.02. The standard InChI is InChI=1S/C36H37N3O8/c1-21-8-7-9-22(2)32(21)36(46)47-20-30(40)28(19-31(41)42)38-34(44)29-17-16-26-12-5-6-13-27(35(45)39(26)29)37-33(43)25-15-14-23-10-3-4-11-24(23)18-25/h3-11,14-15,18,26-29H,12-13,16-17,19-20H2,1-2H3,(H,37,43)(H,38,44)(H,41,42). The number of carbonyl (C=O) groups excluding carboxylic acids is 5. The van der Waals surface area contributed by atoms with Crippen molar-refractivity contribution in [3.05, 3.63) is 95.1 Å².